The van der Waals surface area contributed by atoms with Gasteiger partial charge in [0.1, 0.15) is 5.75 Å². The van der Waals surface area contributed by atoms with E-state index in [2.05, 4.69) is 21.2 Å². The predicted octanol–water partition coefficient (Wildman–Crippen LogP) is 2.26. The molecular weight excluding hydrogens is 318 g/mol. The second-order valence-corrected chi connectivity index (χ2v) is 6.71. The highest BCUT2D eigenvalue weighted by molar-refractivity contribution is 5.69. The molecule has 1 atom stereocenters. The molecule has 0 saturated carbocycles. The van der Waals surface area contributed by atoms with Crippen molar-refractivity contribution in [2.24, 2.45) is 0 Å². The van der Waals surface area contributed by atoms with Crippen LogP contribution in [0.4, 0.5) is 4.79 Å². The Hall–Kier alpha value is -1.63. The maximum absolute atomic E-state index is 11.4. The number of hydrogen-bond donors (Lipinski definition) is 1. The van der Waals surface area contributed by atoms with E-state index in [1.54, 1.807) is 7.05 Å². The number of nitrogens with zero attached hydrogens (tertiary/aromatic N) is 2. The first kappa shape index (κ1) is 18.2. The number of ether oxygens (including phenoxy) is 2. The van der Waals surface area contributed by atoms with Crippen LogP contribution >= 0.6 is 0 Å². The van der Waals surface area contributed by atoms with E-state index in [-0.39, 0.29) is 0 Å². The number of rotatable bonds is 6. The summed E-state index contributed by atoms with van der Waals surface area (Å²) >= 11 is 0. The van der Waals surface area contributed by atoms with Gasteiger partial charge in [-0.15, -0.1) is 0 Å². The Labute approximate surface area is 150 Å². The summed E-state index contributed by atoms with van der Waals surface area (Å²) in [5, 5.41) is 2.49. The second kappa shape index (κ2) is 9.17. The molecule has 0 aliphatic carbocycles. The van der Waals surface area contributed by atoms with Gasteiger partial charge in [0.15, 0.2) is 0 Å². The van der Waals surface area contributed by atoms with Gasteiger partial charge in [0, 0.05) is 26.2 Å². The van der Waals surface area contributed by atoms with Crippen LogP contribution in [0.25, 0.3) is 0 Å². The molecule has 6 nitrogen and oxygen atoms in total. The number of morpholine rings is 1. The molecule has 2 saturated heterocycles. The van der Waals surface area contributed by atoms with E-state index in [1.165, 1.54) is 24.8 Å². The van der Waals surface area contributed by atoms with Crippen molar-refractivity contribution < 1.29 is 14.3 Å². The molecule has 25 heavy (non-hydrogen) atoms. The van der Waals surface area contributed by atoms with Gasteiger partial charge in [-0.05, 0) is 56.6 Å². The van der Waals surface area contributed by atoms with Crippen molar-refractivity contribution >= 4 is 6.09 Å². The number of benzene rings is 1. The summed E-state index contributed by atoms with van der Waals surface area (Å²) in [7, 11) is 1.57. The molecule has 0 aromatic heterocycles. The van der Waals surface area contributed by atoms with Gasteiger partial charge in [0.25, 0.3) is 0 Å². The SMILES string of the molecule is CNC(=O)Oc1cccc(C2CCCN2CCCN2CCOCC2)c1. The van der Waals surface area contributed by atoms with Crippen LogP contribution in [0.15, 0.2) is 24.3 Å². The third-order valence-electron chi connectivity index (χ3n) is 5.04. The van der Waals surface area contributed by atoms with E-state index in [0.717, 1.165) is 45.9 Å². The fourth-order valence-electron chi connectivity index (χ4n) is 3.74. The van der Waals surface area contributed by atoms with Crippen molar-refractivity contribution in [2.45, 2.75) is 25.3 Å². The highest BCUT2D eigenvalue weighted by atomic mass is 16.5. The van der Waals surface area contributed by atoms with E-state index in [0.29, 0.717) is 11.8 Å². The Morgan fingerprint density at radius 1 is 1.28 bits per heavy atom. The number of nitrogens with one attached hydrogen (secondary N) is 1. The molecule has 0 spiro atoms. The average molecular weight is 347 g/mol. The van der Waals surface area contributed by atoms with E-state index in [4.69, 9.17) is 9.47 Å². The Balaban J connectivity index is 1.53. The van der Waals surface area contributed by atoms with Crippen molar-refractivity contribution in [2.75, 3.05) is 53.0 Å². The van der Waals surface area contributed by atoms with E-state index < -0.39 is 6.09 Å². The van der Waals surface area contributed by atoms with Crippen LogP contribution in [0.3, 0.4) is 0 Å². The molecule has 138 valence electrons. The topological polar surface area (TPSA) is 54.0 Å². The van der Waals surface area contributed by atoms with Crippen LogP contribution in [-0.2, 0) is 4.74 Å². The maximum Gasteiger partial charge on any atom is 0.412 e. The zero-order valence-corrected chi connectivity index (χ0v) is 15.1. The lowest BCUT2D eigenvalue weighted by Gasteiger charge is -2.29. The second-order valence-electron chi connectivity index (χ2n) is 6.71. The van der Waals surface area contributed by atoms with Crippen LogP contribution in [0.2, 0.25) is 0 Å². The first-order chi connectivity index (χ1) is 12.3. The molecule has 2 aliphatic heterocycles. The van der Waals surface area contributed by atoms with Gasteiger partial charge < -0.3 is 14.8 Å². The lowest BCUT2D eigenvalue weighted by Crippen LogP contribution is -2.38. The van der Waals surface area contributed by atoms with Gasteiger partial charge in [0.05, 0.1) is 13.2 Å². The normalized spacial score (nSPS) is 22.0. The molecule has 2 heterocycles. The van der Waals surface area contributed by atoms with Crippen LogP contribution < -0.4 is 10.1 Å². The summed E-state index contributed by atoms with van der Waals surface area (Å²) in [6.07, 6.45) is 3.15. The molecule has 3 rings (SSSR count). The molecule has 6 heteroatoms. The molecule has 1 amide bonds. The maximum atomic E-state index is 11.4. The minimum atomic E-state index is -0.425. The summed E-state index contributed by atoms with van der Waals surface area (Å²) in [4.78, 5) is 16.5. The van der Waals surface area contributed by atoms with Gasteiger partial charge in [-0.3, -0.25) is 9.80 Å². The predicted molar refractivity (Wildman–Crippen MR) is 96.9 cm³/mol. The molecule has 0 radical (unpaired) electrons. The van der Waals surface area contributed by atoms with Crippen molar-refractivity contribution in [3.05, 3.63) is 29.8 Å². The highest BCUT2D eigenvalue weighted by Crippen LogP contribution is 2.33. The summed E-state index contributed by atoms with van der Waals surface area (Å²) in [6.45, 7) is 7.25. The summed E-state index contributed by atoms with van der Waals surface area (Å²) in [5.41, 5.74) is 1.24. The summed E-state index contributed by atoms with van der Waals surface area (Å²) in [5.74, 6) is 0.608. The molecule has 1 aromatic carbocycles. The van der Waals surface area contributed by atoms with Crippen molar-refractivity contribution in [3.8, 4) is 5.75 Å². The van der Waals surface area contributed by atoms with Gasteiger partial charge in [0.2, 0.25) is 0 Å². The van der Waals surface area contributed by atoms with Gasteiger partial charge in [-0.2, -0.15) is 0 Å². The third kappa shape index (κ3) is 5.17. The van der Waals surface area contributed by atoms with Gasteiger partial charge in [-0.25, -0.2) is 4.79 Å². The van der Waals surface area contributed by atoms with E-state index in [9.17, 15) is 4.79 Å². The Bertz CT molecular complexity index is 561. The molecular formula is C19H29N3O3. The van der Waals surface area contributed by atoms with E-state index >= 15 is 0 Å². The largest absolute Gasteiger partial charge is 0.412 e. The van der Waals surface area contributed by atoms with Gasteiger partial charge in [-0.1, -0.05) is 12.1 Å². The third-order valence-corrected chi connectivity index (χ3v) is 5.04. The highest BCUT2D eigenvalue weighted by Gasteiger charge is 2.26. The lowest BCUT2D eigenvalue weighted by molar-refractivity contribution is 0.0359. The monoisotopic (exact) mass is 347 g/mol. The first-order valence-electron chi connectivity index (χ1n) is 9.30. The van der Waals surface area contributed by atoms with Crippen LogP contribution in [-0.4, -0.2) is 68.9 Å². The first-order valence-corrected chi connectivity index (χ1v) is 9.30. The lowest BCUT2D eigenvalue weighted by atomic mass is 10.0. The van der Waals surface area contributed by atoms with Crippen molar-refractivity contribution in [1.29, 1.82) is 0 Å². The minimum absolute atomic E-state index is 0.425. The smallest absolute Gasteiger partial charge is 0.410 e. The van der Waals surface area contributed by atoms with Gasteiger partial charge >= 0.3 is 6.09 Å². The molecule has 0 bridgehead atoms. The minimum Gasteiger partial charge on any atom is -0.410 e. The fraction of sp³-hybridized carbons (Fsp3) is 0.632. The molecule has 1 N–H and O–H groups in total. The number of hydrogen-bond acceptors (Lipinski definition) is 5. The molecule has 2 aliphatic rings. The zero-order chi connectivity index (χ0) is 17.5. The van der Waals surface area contributed by atoms with Crippen LogP contribution in [0.1, 0.15) is 30.9 Å². The zero-order valence-electron chi connectivity index (χ0n) is 15.1. The molecule has 2 fully saturated rings. The average Bonchev–Trinajstić information content (AvgIpc) is 3.11. The molecule has 1 unspecified atom stereocenters. The fourth-order valence-corrected chi connectivity index (χ4v) is 3.74. The Kier molecular flexibility index (Phi) is 6.67. The molecule has 1 aromatic rings. The summed E-state index contributed by atoms with van der Waals surface area (Å²) < 4.78 is 10.7. The Morgan fingerprint density at radius 3 is 2.92 bits per heavy atom. The number of carbonyl (C=O) groups is 1. The standard InChI is InChI=1S/C19H29N3O3/c1-20-19(23)25-17-6-2-5-16(15-17)18-7-3-9-22(18)10-4-8-21-11-13-24-14-12-21/h2,5-6,15,18H,3-4,7-14H2,1H3,(H,20,23). The quantitative estimate of drug-likeness (QED) is 0.855. The number of likely N-dealkylation sites (tertiary alicyclic amines) is 1. The van der Waals surface area contributed by atoms with Crippen molar-refractivity contribution in [1.82, 2.24) is 15.1 Å². The van der Waals surface area contributed by atoms with E-state index in [1.807, 2.05) is 18.2 Å². The number of carbonyl (C=O) groups excluding carboxylic acids is 1. The Morgan fingerprint density at radius 2 is 2.12 bits per heavy atom. The van der Waals surface area contributed by atoms with Crippen LogP contribution in [0, 0.1) is 0 Å². The van der Waals surface area contributed by atoms with Crippen molar-refractivity contribution in [3.63, 3.8) is 0 Å². The van der Waals surface area contributed by atoms with Crippen LogP contribution in [0.5, 0.6) is 5.75 Å². The number of amides is 1. The summed E-state index contributed by atoms with van der Waals surface area (Å²) in [6, 6.07) is 8.37.